The van der Waals surface area contributed by atoms with Crippen LogP contribution in [0.1, 0.15) is 17.0 Å². The molecule has 1 aromatic carbocycles. The van der Waals surface area contributed by atoms with Gasteiger partial charge in [-0.05, 0) is 44.2 Å². The SMILES string of the molecule is Cc1cc(C)n(-c2ccc(=O)n(CC(=O)NCCOc3cccc(C(F)(F)F)c3)n2)n1. The van der Waals surface area contributed by atoms with Crippen LogP contribution in [-0.4, -0.2) is 38.6 Å². The molecule has 8 nitrogen and oxygen atoms in total. The molecule has 0 fully saturated rings. The molecule has 1 amide bonds. The molecule has 2 heterocycles. The third-order valence-corrected chi connectivity index (χ3v) is 4.23. The lowest BCUT2D eigenvalue weighted by molar-refractivity contribution is -0.137. The molecule has 11 heteroatoms. The van der Waals surface area contributed by atoms with Gasteiger partial charge in [0.15, 0.2) is 5.82 Å². The first-order valence-corrected chi connectivity index (χ1v) is 9.32. The summed E-state index contributed by atoms with van der Waals surface area (Å²) in [5.74, 6) is -0.0572. The van der Waals surface area contributed by atoms with Gasteiger partial charge in [0.1, 0.15) is 18.9 Å². The summed E-state index contributed by atoms with van der Waals surface area (Å²) < 4.78 is 45.9. The number of halogens is 3. The summed E-state index contributed by atoms with van der Waals surface area (Å²) in [4.78, 5) is 24.2. The van der Waals surface area contributed by atoms with Crippen molar-refractivity contribution in [1.29, 1.82) is 0 Å². The molecule has 0 saturated heterocycles. The van der Waals surface area contributed by atoms with Gasteiger partial charge in [0.05, 0.1) is 17.8 Å². The Morgan fingerprint density at radius 3 is 2.58 bits per heavy atom. The van der Waals surface area contributed by atoms with Gasteiger partial charge in [0.2, 0.25) is 5.91 Å². The second kappa shape index (κ2) is 9.02. The highest BCUT2D eigenvalue weighted by Gasteiger charge is 2.30. The second-order valence-corrected chi connectivity index (χ2v) is 6.75. The van der Waals surface area contributed by atoms with Gasteiger partial charge < -0.3 is 10.1 Å². The Morgan fingerprint density at radius 2 is 1.90 bits per heavy atom. The van der Waals surface area contributed by atoms with Crippen LogP contribution in [0.3, 0.4) is 0 Å². The average molecular weight is 435 g/mol. The van der Waals surface area contributed by atoms with E-state index in [9.17, 15) is 22.8 Å². The summed E-state index contributed by atoms with van der Waals surface area (Å²) >= 11 is 0. The number of amides is 1. The number of nitrogens with zero attached hydrogens (tertiary/aromatic N) is 4. The van der Waals surface area contributed by atoms with Crippen LogP contribution in [0, 0.1) is 13.8 Å². The summed E-state index contributed by atoms with van der Waals surface area (Å²) in [5, 5.41) is 11.0. The zero-order valence-corrected chi connectivity index (χ0v) is 16.8. The molecule has 0 aliphatic carbocycles. The highest BCUT2D eigenvalue weighted by atomic mass is 19.4. The van der Waals surface area contributed by atoms with Crippen molar-refractivity contribution >= 4 is 5.91 Å². The van der Waals surface area contributed by atoms with Gasteiger partial charge in [0, 0.05) is 11.8 Å². The van der Waals surface area contributed by atoms with E-state index >= 15 is 0 Å². The number of alkyl halides is 3. The van der Waals surface area contributed by atoms with Gasteiger partial charge in [0.25, 0.3) is 5.56 Å². The number of aromatic nitrogens is 4. The van der Waals surface area contributed by atoms with Crippen molar-refractivity contribution < 1.29 is 22.7 Å². The van der Waals surface area contributed by atoms with Crippen molar-refractivity contribution in [2.75, 3.05) is 13.2 Å². The summed E-state index contributed by atoms with van der Waals surface area (Å²) in [6.07, 6.45) is -4.46. The molecule has 0 aliphatic heterocycles. The number of nitrogens with one attached hydrogen (secondary N) is 1. The Morgan fingerprint density at radius 1 is 1.13 bits per heavy atom. The zero-order chi connectivity index (χ0) is 22.6. The summed E-state index contributed by atoms with van der Waals surface area (Å²) in [6, 6.07) is 9.13. The molecule has 0 bridgehead atoms. The smallest absolute Gasteiger partial charge is 0.416 e. The average Bonchev–Trinajstić information content (AvgIpc) is 3.04. The summed E-state index contributed by atoms with van der Waals surface area (Å²) in [5.41, 5.74) is 0.338. The fourth-order valence-corrected chi connectivity index (χ4v) is 2.84. The number of ether oxygens (including phenoxy) is 1. The number of hydrogen-bond donors (Lipinski definition) is 1. The second-order valence-electron chi connectivity index (χ2n) is 6.75. The maximum atomic E-state index is 12.7. The molecule has 0 aliphatic rings. The molecule has 0 saturated carbocycles. The predicted molar refractivity (Wildman–Crippen MR) is 105 cm³/mol. The van der Waals surface area contributed by atoms with Crippen LogP contribution in [0.5, 0.6) is 5.75 Å². The van der Waals surface area contributed by atoms with E-state index in [-0.39, 0.29) is 25.4 Å². The van der Waals surface area contributed by atoms with E-state index in [0.717, 1.165) is 28.2 Å². The van der Waals surface area contributed by atoms with Crippen LogP contribution in [-0.2, 0) is 17.5 Å². The van der Waals surface area contributed by atoms with Crippen LogP contribution in [0.15, 0.2) is 47.3 Å². The van der Waals surface area contributed by atoms with Crippen molar-refractivity contribution in [2.45, 2.75) is 26.6 Å². The maximum Gasteiger partial charge on any atom is 0.416 e. The Hall–Kier alpha value is -3.63. The molecular weight excluding hydrogens is 415 g/mol. The Kier molecular flexibility index (Phi) is 6.42. The summed E-state index contributed by atoms with van der Waals surface area (Å²) in [6.45, 7) is 3.35. The van der Waals surface area contributed by atoms with Gasteiger partial charge >= 0.3 is 6.18 Å². The van der Waals surface area contributed by atoms with E-state index in [2.05, 4.69) is 15.5 Å². The molecule has 31 heavy (non-hydrogen) atoms. The summed E-state index contributed by atoms with van der Waals surface area (Å²) in [7, 11) is 0. The van der Waals surface area contributed by atoms with E-state index < -0.39 is 23.2 Å². The van der Waals surface area contributed by atoms with Crippen molar-refractivity contribution in [1.82, 2.24) is 24.9 Å². The van der Waals surface area contributed by atoms with Crippen molar-refractivity contribution in [3.8, 4) is 11.6 Å². The van der Waals surface area contributed by atoms with E-state index in [1.54, 1.807) is 4.68 Å². The van der Waals surface area contributed by atoms with Gasteiger partial charge in [-0.15, -0.1) is 5.10 Å². The highest BCUT2D eigenvalue weighted by Crippen LogP contribution is 2.31. The van der Waals surface area contributed by atoms with Crippen LogP contribution >= 0.6 is 0 Å². The minimum Gasteiger partial charge on any atom is -0.492 e. The first kappa shape index (κ1) is 22.1. The monoisotopic (exact) mass is 435 g/mol. The fraction of sp³-hybridized carbons (Fsp3) is 0.300. The fourth-order valence-electron chi connectivity index (χ4n) is 2.84. The molecular formula is C20H20F3N5O3. The minimum absolute atomic E-state index is 0.0405. The number of aryl methyl sites for hydroxylation is 2. The number of carbonyl (C=O) groups is 1. The first-order valence-electron chi connectivity index (χ1n) is 9.32. The normalized spacial score (nSPS) is 11.4. The van der Waals surface area contributed by atoms with E-state index in [0.29, 0.717) is 5.82 Å². The largest absolute Gasteiger partial charge is 0.492 e. The molecule has 164 valence electrons. The third-order valence-electron chi connectivity index (χ3n) is 4.23. The molecule has 3 rings (SSSR count). The lowest BCUT2D eigenvalue weighted by Crippen LogP contribution is -2.35. The third kappa shape index (κ3) is 5.71. The van der Waals surface area contributed by atoms with Crippen LogP contribution in [0.2, 0.25) is 0 Å². The van der Waals surface area contributed by atoms with Gasteiger partial charge in [-0.25, -0.2) is 9.36 Å². The molecule has 1 N–H and O–H groups in total. The van der Waals surface area contributed by atoms with E-state index in [1.807, 2.05) is 19.9 Å². The van der Waals surface area contributed by atoms with Crippen molar-refractivity contribution in [2.24, 2.45) is 0 Å². The van der Waals surface area contributed by atoms with E-state index in [4.69, 9.17) is 4.74 Å². The first-order chi connectivity index (χ1) is 14.6. The number of rotatable bonds is 7. The quantitative estimate of drug-likeness (QED) is 0.575. The van der Waals surface area contributed by atoms with Gasteiger partial charge in [-0.1, -0.05) is 6.07 Å². The lowest BCUT2D eigenvalue weighted by atomic mass is 10.2. The minimum atomic E-state index is -4.46. The van der Waals surface area contributed by atoms with Crippen LogP contribution in [0.25, 0.3) is 5.82 Å². The Labute approximate surface area is 175 Å². The molecule has 2 aromatic heterocycles. The highest BCUT2D eigenvalue weighted by molar-refractivity contribution is 5.75. The Balaban J connectivity index is 1.55. The van der Waals surface area contributed by atoms with Crippen LogP contribution in [0.4, 0.5) is 13.2 Å². The van der Waals surface area contributed by atoms with Crippen LogP contribution < -0.4 is 15.6 Å². The Bertz CT molecular complexity index is 1140. The predicted octanol–water partition coefficient (Wildman–Crippen LogP) is 2.26. The van der Waals surface area contributed by atoms with E-state index in [1.165, 1.54) is 24.3 Å². The van der Waals surface area contributed by atoms with Gasteiger partial charge in [-0.3, -0.25) is 9.59 Å². The lowest BCUT2D eigenvalue weighted by Gasteiger charge is -2.11. The number of hydrogen-bond acceptors (Lipinski definition) is 5. The molecule has 3 aromatic rings. The molecule has 0 atom stereocenters. The molecule has 0 radical (unpaired) electrons. The number of benzene rings is 1. The van der Waals surface area contributed by atoms with Crippen molar-refractivity contribution in [3.63, 3.8) is 0 Å². The topological polar surface area (TPSA) is 91.0 Å². The van der Waals surface area contributed by atoms with Gasteiger partial charge in [-0.2, -0.15) is 18.3 Å². The van der Waals surface area contributed by atoms with Crippen molar-refractivity contribution in [3.05, 3.63) is 69.8 Å². The standard InChI is InChI=1S/C20H20F3N5O3/c1-13-10-14(2)28(25-13)17-6-7-19(30)27(26-17)12-18(29)24-8-9-31-16-5-3-4-15(11-16)20(21,22)23/h3-7,10-11H,8-9,12H2,1-2H3,(H,24,29). The maximum absolute atomic E-state index is 12.7. The number of carbonyl (C=O) groups excluding carboxylic acids is 1. The molecule has 0 spiro atoms. The molecule has 0 unspecified atom stereocenters. The zero-order valence-electron chi connectivity index (χ0n) is 16.8.